The van der Waals surface area contributed by atoms with Crippen molar-refractivity contribution >= 4 is 5.91 Å². The van der Waals surface area contributed by atoms with Crippen molar-refractivity contribution in [3.8, 4) is 0 Å². The van der Waals surface area contributed by atoms with Gasteiger partial charge in [0.25, 0.3) is 0 Å². The molecule has 1 atom stereocenters. The summed E-state index contributed by atoms with van der Waals surface area (Å²) >= 11 is 0. The van der Waals surface area contributed by atoms with Crippen molar-refractivity contribution < 1.29 is 9.53 Å². The SMILES string of the molecule is CNCCC(=O)N1CCN(CCOC)C(C)C1. The van der Waals surface area contributed by atoms with Crippen molar-refractivity contribution in [2.24, 2.45) is 0 Å². The summed E-state index contributed by atoms with van der Waals surface area (Å²) in [6.45, 7) is 7.29. The first-order valence-corrected chi connectivity index (χ1v) is 6.34. The summed E-state index contributed by atoms with van der Waals surface area (Å²) in [5.74, 6) is 0.262. The van der Waals surface area contributed by atoms with Crippen LogP contribution in [0, 0.1) is 0 Å². The molecule has 5 nitrogen and oxygen atoms in total. The van der Waals surface area contributed by atoms with E-state index >= 15 is 0 Å². The van der Waals surface area contributed by atoms with Gasteiger partial charge in [-0.25, -0.2) is 0 Å². The highest BCUT2D eigenvalue weighted by Gasteiger charge is 2.25. The highest BCUT2D eigenvalue weighted by Crippen LogP contribution is 2.10. The van der Waals surface area contributed by atoms with Gasteiger partial charge >= 0.3 is 0 Å². The molecule has 0 radical (unpaired) electrons. The Balaban J connectivity index is 2.32. The number of piperazine rings is 1. The number of nitrogens with one attached hydrogen (secondary N) is 1. The molecule has 0 aromatic heterocycles. The lowest BCUT2D eigenvalue weighted by molar-refractivity contribution is -0.134. The molecule has 1 heterocycles. The predicted molar refractivity (Wildman–Crippen MR) is 68.0 cm³/mol. The van der Waals surface area contributed by atoms with Crippen LogP contribution < -0.4 is 5.32 Å². The molecule has 5 heteroatoms. The Morgan fingerprint density at radius 1 is 1.47 bits per heavy atom. The molecule has 0 aromatic carbocycles. The van der Waals surface area contributed by atoms with Crippen molar-refractivity contribution in [2.45, 2.75) is 19.4 Å². The first-order chi connectivity index (χ1) is 8.19. The van der Waals surface area contributed by atoms with E-state index in [4.69, 9.17) is 4.74 Å². The van der Waals surface area contributed by atoms with Gasteiger partial charge in [-0.3, -0.25) is 9.69 Å². The number of carbonyl (C=O) groups excluding carboxylic acids is 1. The number of hydrogen-bond acceptors (Lipinski definition) is 4. The lowest BCUT2D eigenvalue weighted by atomic mass is 10.2. The minimum atomic E-state index is 0.262. The maximum absolute atomic E-state index is 11.9. The summed E-state index contributed by atoms with van der Waals surface area (Å²) in [6.07, 6.45) is 0.599. The van der Waals surface area contributed by atoms with Crippen LogP contribution in [0.25, 0.3) is 0 Å². The smallest absolute Gasteiger partial charge is 0.223 e. The zero-order chi connectivity index (χ0) is 12.7. The van der Waals surface area contributed by atoms with Crippen molar-refractivity contribution in [3.05, 3.63) is 0 Å². The number of rotatable bonds is 6. The molecule has 0 aromatic rings. The fourth-order valence-corrected chi connectivity index (χ4v) is 2.15. The van der Waals surface area contributed by atoms with E-state index in [2.05, 4.69) is 17.1 Å². The third-order valence-electron chi connectivity index (χ3n) is 3.29. The zero-order valence-corrected chi connectivity index (χ0v) is 11.2. The molecule has 0 aliphatic carbocycles. The number of carbonyl (C=O) groups is 1. The average molecular weight is 243 g/mol. The van der Waals surface area contributed by atoms with Crippen molar-refractivity contribution in [1.29, 1.82) is 0 Å². The second kappa shape index (κ2) is 7.63. The van der Waals surface area contributed by atoms with Crippen LogP contribution in [-0.4, -0.2) is 75.2 Å². The summed E-state index contributed by atoms with van der Waals surface area (Å²) in [5, 5.41) is 3.01. The Morgan fingerprint density at radius 2 is 2.24 bits per heavy atom. The van der Waals surface area contributed by atoms with Crippen molar-refractivity contribution in [1.82, 2.24) is 15.1 Å². The number of hydrogen-bond donors (Lipinski definition) is 1. The van der Waals surface area contributed by atoms with Gasteiger partial charge in [0.1, 0.15) is 0 Å². The van der Waals surface area contributed by atoms with Gasteiger partial charge in [-0.1, -0.05) is 0 Å². The van der Waals surface area contributed by atoms with Crippen LogP contribution in [-0.2, 0) is 9.53 Å². The zero-order valence-electron chi connectivity index (χ0n) is 11.2. The molecule has 0 saturated carbocycles. The summed E-state index contributed by atoms with van der Waals surface area (Å²) in [6, 6.07) is 0.428. The normalized spacial score (nSPS) is 21.8. The highest BCUT2D eigenvalue weighted by molar-refractivity contribution is 5.76. The number of ether oxygens (including phenoxy) is 1. The molecule has 1 aliphatic rings. The molecule has 1 aliphatic heterocycles. The maximum Gasteiger partial charge on any atom is 0.223 e. The van der Waals surface area contributed by atoms with Crippen molar-refractivity contribution in [3.63, 3.8) is 0 Å². The summed E-state index contributed by atoms with van der Waals surface area (Å²) in [5.41, 5.74) is 0. The summed E-state index contributed by atoms with van der Waals surface area (Å²) in [7, 11) is 3.60. The van der Waals surface area contributed by atoms with Gasteiger partial charge in [-0.15, -0.1) is 0 Å². The molecule has 1 N–H and O–H groups in total. The number of nitrogens with zero attached hydrogens (tertiary/aromatic N) is 2. The van der Waals surface area contributed by atoms with Crippen LogP contribution >= 0.6 is 0 Å². The molecular weight excluding hydrogens is 218 g/mol. The molecule has 1 fully saturated rings. The van der Waals surface area contributed by atoms with Gasteiger partial charge in [0.2, 0.25) is 5.91 Å². The minimum absolute atomic E-state index is 0.262. The third-order valence-corrected chi connectivity index (χ3v) is 3.29. The molecule has 1 saturated heterocycles. The molecule has 100 valence electrons. The molecule has 0 bridgehead atoms. The summed E-state index contributed by atoms with van der Waals surface area (Å²) < 4.78 is 5.09. The first-order valence-electron chi connectivity index (χ1n) is 6.34. The Hall–Kier alpha value is -0.650. The Labute approximate surface area is 104 Å². The molecule has 1 rings (SSSR count). The average Bonchev–Trinajstić information content (AvgIpc) is 2.34. The Morgan fingerprint density at radius 3 is 2.82 bits per heavy atom. The number of methoxy groups -OCH3 is 1. The van der Waals surface area contributed by atoms with E-state index in [1.54, 1.807) is 7.11 Å². The molecule has 1 amide bonds. The fourth-order valence-electron chi connectivity index (χ4n) is 2.15. The quantitative estimate of drug-likeness (QED) is 0.700. The Kier molecular flexibility index (Phi) is 6.47. The van der Waals surface area contributed by atoms with Crippen LogP contribution in [0.4, 0.5) is 0 Å². The lowest BCUT2D eigenvalue weighted by Gasteiger charge is -2.39. The van der Waals surface area contributed by atoms with E-state index in [-0.39, 0.29) is 5.91 Å². The van der Waals surface area contributed by atoms with Crippen LogP contribution in [0.1, 0.15) is 13.3 Å². The van der Waals surface area contributed by atoms with Gasteiger partial charge in [0.05, 0.1) is 6.61 Å². The predicted octanol–water partition coefficient (Wildman–Crippen LogP) is -0.225. The van der Waals surface area contributed by atoms with E-state index < -0.39 is 0 Å². The standard InChI is InChI=1S/C12H25N3O2/c1-11-10-15(12(16)4-5-13-2)7-6-14(11)8-9-17-3/h11,13H,4-10H2,1-3H3. The van der Waals surface area contributed by atoms with E-state index in [1.807, 2.05) is 11.9 Å². The third kappa shape index (κ3) is 4.61. The lowest BCUT2D eigenvalue weighted by Crippen LogP contribution is -2.54. The Bertz CT molecular complexity index is 236. The van der Waals surface area contributed by atoms with Gasteiger partial charge in [-0.2, -0.15) is 0 Å². The molecule has 17 heavy (non-hydrogen) atoms. The fraction of sp³-hybridized carbons (Fsp3) is 0.917. The maximum atomic E-state index is 11.9. The molecule has 1 unspecified atom stereocenters. The number of amides is 1. The monoisotopic (exact) mass is 243 g/mol. The van der Waals surface area contributed by atoms with Crippen LogP contribution in [0.5, 0.6) is 0 Å². The van der Waals surface area contributed by atoms with Crippen LogP contribution in [0.2, 0.25) is 0 Å². The minimum Gasteiger partial charge on any atom is -0.383 e. The van der Waals surface area contributed by atoms with Gasteiger partial charge in [0.15, 0.2) is 0 Å². The second-order valence-corrected chi connectivity index (χ2v) is 4.57. The van der Waals surface area contributed by atoms with E-state index in [9.17, 15) is 4.79 Å². The second-order valence-electron chi connectivity index (χ2n) is 4.57. The van der Waals surface area contributed by atoms with E-state index in [1.165, 1.54) is 0 Å². The van der Waals surface area contributed by atoms with Crippen molar-refractivity contribution in [2.75, 3.05) is 53.5 Å². The largest absolute Gasteiger partial charge is 0.383 e. The van der Waals surface area contributed by atoms with E-state index in [0.29, 0.717) is 12.5 Å². The summed E-state index contributed by atoms with van der Waals surface area (Å²) in [4.78, 5) is 16.2. The molecular formula is C12H25N3O2. The first kappa shape index (κ1) is 14.4. The van der Waals surface area contributed by atoms with Gasteiger partial charge in [0, 0.05) is 52.3 Å². The topological polar surface area (TPSA) is 44.8 Å². The van der Waals surface area contributed by atoms with E-state index in [0.717, 1.165) is 39.3 Å². The highest BCUT2D eigenvalue weighted by atomic mass is 16.5. The van der Waals surface area contributed by atoms with Gasteiger partial charge in [-0.05, 0) is 14.0 Å². The molecule has 0 spiro atoms. The van der Waals surface area contributed by atoms with Gasteiger partial charge < -0.3 is 15.0 Å². The van der Waals surface area contributed by atoms with Crippen LogP contribution in [0.3, 0.4) is 0 Å². The van der Waals surface area contributed by atoms with Crippen LogP contribution in [0.15, 0.2) is 0 Å².